The van der Waals surface area contributed by atoms with Crippen LogP contribution in [0.5, 0.6) is 0 Å². The van der Waals surface area contributed by atoms with Crippen LogP contribution < -0.4 is 0 Å². The topological polar surface area (TPSA) is 45.7 Å². The predicted molar refractivity (Wildman–Crippen MR) is 109 cm³/mol. The van der Waals surface area contributed by atoms with Crippen molar-refractivity contribution in [2.24, 2.45) is 0 Å². The fraction of sp³-hybridized carbons (Fsp3) is 0.478. The molecular weight excluding hydrogens is 350 g/mol. The molecule has 1 amide bonds. The molecule has 148 valence electrons. The summed E-state index contributed by atoms with van der Waals surface area (Å²) in [6.07, 6.45) is 6.21. The molecule has 0 spiro atoms. The third-order valence-electron chi connectivity index (χ3n) is 5.71. The van der Waals surface area contributed by atoms with E-state index in [9.17, 15) is 4.79 Å². The maximum atomic E-state index is 13.1. The van der Waals surface area contributed by atoms with Crippen molar-refractivity contribution >= 4 is 5.91 Å². The monoisotopic (exact) mass is 379 g/mol. The summed E-state index contributed by atoms with van der Waals surface area (Å²) >= 11 is 0. The molecule has 2 saturated heterocycles. The second-order valence-corrected chi connectivity index (χ2v) is 8.09. The standard InChI is InChI=1S/C23H29N3O2/c1-17-14-25(15-18(2)28-17)16-19-5-7-21(8-6-19)23(27)26-13-3-4-22(26)20-9-11-24-12-10-20/h5-12,17-18,22H,3-4,13-16H2,1-2H3/t17-,18+,22-/m1/s1. The maximum Gasteiger partial charge on any atom is 0.254 e. The van der Waals surface area contributed by atoms with E-state index in [1.54, 1.807) is 12.4 Å². The van der Waals surface area contributed by atoms with Crippen molar-refractivity contribution in [3.05, 3.63) is 65.5 Å². The van der Waals surface area contributed by atoms with Gasteiger partial charge in [0.25, 0.3) is 5.91 Å². The number of morpholine rings is 1. The second-order valence-electron chi connectivity index (χ2n) is 8.09. The zero-order valence-electron chi connectivity index (χ0n) is 16.8. The van der Waals surface area contributed by atoms with Gasteiger partial charge in [0, 0.05) is 44.1 Å². The minimum atomic E-state index is 0.125. The van der Waals surface area contributed by atoms with Crippen molar-refractivity contribution in [1.29, 1.82) is 0 Å². The molecule has 1 aromatic carbocycles. The van der Waals surface area contributed by atoms with E-state index in [2.05, 4.69) is 35.9 Å². The van der Waals surface area contributed by atoms with E-state index in [0.29, 0.717) is 0 Å². The van der Waals surface area contributed by atoms with Gasteiger partial charge in [-0.1, -0.05) is 12.1 Å². The molecule has 28 heavy (non-hydrogen) atoms. The van der Waals surface area contributed by atoms with Crippen molar-refractivity contribution in [2.75, 3.05) is 19.6 Å². The number of hydrogen-bond donors (Lipinski definition) is 0. The van der Waals surface area contributed by atoms with Crippen LogP contribution in [0.2, 0.25) is 0 Å². The Bertz CT molecular complexity index is 783. The van der Waals surface area contributed by atoms with Gasteiger partial charge in [0.15, 0.2) is 0 Å². The highest BCUT2D eigenvalue weighted by Gasteiger charge is 2.30. The van der Waals surface area contributed by atoms with Crippen molar-refractivity contribution in [2.45, 2.75) is 51.5 Å². The average Bonchev–Trinajstić information content (AvgIpc) is 3.18. The summed E-state index contributed by atoms with van der Waals surface area (Å²) in [5, 5.41) is 0. The van der Waals surface area contributed by atoms with Crippen molar-refractivity contribution < 1.29 is 9.53 Å². The van der Waals surface area contributed by atoms with Crippen LogP contribution >= 0.6 is 0 Å². The molecule has 0 saturated carbocycles. The minimum Gasteiger partial charge on any atom is -0.373 e. The van der Waals surface area contributed by atoms with Gasteiger partial charge in [-0.3, -0.25) is 14.7 Å². The van der Waals surface area contributed by atoms with Crippen molar-refractivity contribution in [3.8, 4) is 0 Å². The summed E-state index contributed by atoms with van der Waals surface area (Å²) in [4.78, 5) is 21.6. The lowest BCUT2D eigenvalue weighted by atomic mass is 10.0. The number of amides is 1. The molecule has 0 N–H and O–H groups in total. The third kappa shape index (κ3) is 4.26. The number of nitrogens with zero attached hydrogens (tertiary/aromatic N) is 3. The fourth-order valence-electron chi connectivity index (χ4n) is 4.53. The zero-order chi connectivity index (χ0) is 19.5. The molecule has 5 heteroatoms. The van der Waals surface area contributed by atoms with Gasteiger partial charge in [0.2, 0.25) is 0 Å². The molecule has 2 aliphatic rings. The van der Waals surface area contributed by atoms with Gasteiger partial charge in [-0.05, 0) is 62.1 Å². The highest BCUT2D eigenvalue weighted by molar-refractivity contribution is 5.94. The summed E-state index contributed by atoms with van der Waals surface area (Å²) in [7, 11) is 0. The normalized spacial score (nSPS) is 25.8. The first-order valence-corrected chi connectivity index (χ1v) is 10.3. The molecule has 0 aliphatic carbocycles. The Balaban J connectivity index is 1.42. The van der Waals surface area contributed by atoms with E-state index in [4.69, 9.17) is 4.74 Å². The number of rotatable bonds is 4. The number of carbonyl (C=O) groups is 1. The molecule has 2 aromatic rings. The van der Waals surface area contributed by atoms with Crippen LogP contribution in [-0.2, 0) is 11.3 Å². The molecule has 3 atom stereocenters. The third-order valence-corrected chi connectivity index (χ3v) is 5.71. The molecule has 0 bridgehead atoms. The largest absolute Gasteiger partial charge is 0.373 e. The lowest BCUT2D eigenvalue weighted by molar-refractivity contribution is -0.0704. The SMILES string of the molecule is C[C@@H]1CN(Cc2ccc(C(=O)N3CCC[C@@H]3c3ccncc3)cc2)C[C@H](C)O1. The lowest BCUT2D eigenvalue weighted by Gasteiger charge is -2.35. The van der Waals surface area contributed by atoms with Crippen molar-refractivity contribution in [1.82, 2.24) is 14.8 Å². The summed E-state index contributed by atoms with van der Waals surface area (Å²) < 4.78 is 5.81. The minimum absolute atomic E-state index is 0.125. The Kier molecular flexibility index (Phi) is 5.74. The van der Waals surface area contributed by atoms with Crippen LogP contribution in [0.4, 0.5) is 0 Å². The van der Waals surface area contributed by atoms with E-state index in [1.807, 2.05) is 29.2 Å². The zero-order valence-corrected chi connectivity index (χ0v) is 16.8. The van der Waals surface area contributed by atoms with E-state index in [0.717, 1.165) is 44.6 Å². The van der Waals surface area contributed by atoms with Crippen LogP contribution in [0.15, 0.2) is 48.8 Å². The van der Waals surface area contributed by atoms with Gasteiger partial charge >= 0.3 is 0 Å². The highest BCUT2D eigenvalue weighted by atomic mass is 16.5. The van der Waals surface area contributed by atoms with E-state index in [-0.39, 0.29) is 24.2 Å². The van der Waals surface area contributed by atoms with Gasteiger partial charge in [0.05, 0.1) is 18.2 Å². The molecule has 5 nitrogen and oxygen atoms in total. The molecule has 2 fully saturated rings. The number of carbonyl (C=O) groups excluding carboxylic acids is 1. The molecule has 3 heterocycles. The number of ether oxygens (including phenoxy) is 1. The van der Waals surface area contributed by atoms with E-state index >= 15 is 0 Å². The summed E-state index contributed by atoms with van der Waals surface area (Å²) in [5.41, 5.74) is 3.19. The number of likely N-dealkylation sites (tertiary alicyclic amines) is 1. The van der Waals surface area contributed by atoms with Gasteiger partial charge < -0.3 is 9.64 Å². The predicted octanol–water partition coefficient (Wildman–Crippen LogP) is 3.67. The quantitative estimate of drug-likeness (QED) is 0.813. The van der Waals surface area contributed by atoms with E-state index < -0.39 is 0 Å². The van der Waals surface area contributed by atoms with Crippen LogP contribution in [0.1, 0.15) is 54.2 Å². The van der Waals surface area contributed by atoms with Crippen LogP contribution in [0.3, 0.4) is 0 Å². The first-order chi connectivity index (χ1) is 13.6. The van der Waals surface area contributed by atoms with Gasteiger partial charge in [-0.15, -0.1) is 0 Å². The molecule has 4 rings (SSSR count). The number of pyridine rings is 1. The number of aromatic nitrogens is 1. The second kappa shape index (κ2) is 8.41. The highest BCUT2D eigenvalue weighted by Crippen LogP contribution is 2.32. The molecule has 0 unspecified atom stereocenters. The Morgan fingerprint density at radius 2 is 1.75 bits per heavy atom. The summed E-state index contributed by atoms with van der Waals surface area (Å²) in [6, 6.07) is 12.3. The van der Waals surface area contributed by atoms with Crippen molar-refractivity contribution in [3.63, 3.8) is 0 Å². The average molecular weight is 380 g/mol. The van der Waals surface area contributed by atoms with Crippen LogP contribution in [0.25, 0.3) is 0 Å². The summed E-state index contributed by atoms with van der Waals surface area (Å²) in [6.45, 7) is 7.87. The Morgan fingerprint density at radius 1 is 1.07 bits per heavy atom. The Hall–Kier alpha value is -2.24. The smallest absolute Gasteiger partial charge is 0.254 e. The van der Waals surface area contributed by atoms with Gasteiger partial charge in [0.1, 0.15) is 0 Å². The molecular formula is C23H29N3O2. The van der Waals surface area contributed by atoms with Gasteiger partial charge in [-0.2, -0.15) is 0 Å². The number of benzene rings is 1. The first-order valence-electron chi connectivity index (χ1n) is 10.3. The first kappa shape index (κ1) is 19.1. The fourth-order valence-corrected chi connectivity index (χ4v) is 4.53. The van der Waals surface area contributed by atoms with Crippen LogP contribution in [0, 0.1) is 0 Å². The van der Waals surface area contributed by atoms with E-state index in [1.165, 1.54) is 11.1 Å². The Morgan fingerprint density at radius 3 is 2.43 bits per heavy atom. The Labute approximate surface area is 167 Å². The lowest BCUT2D eigenvalue weighted by Crippen LogP contribution is -2.44. The molecule has 2 aliphatic heterocycles. The van der Waals surface area contributed by atoms with Crippen LogP contribution in [-0.4, -0.2) is 52.5 Å². The molecule has 0 radical (unpaired) electrons. The maximum absolute atomic E-state index is 13.1. The summed E-state index contributed by atoms with van der Waals surface area (Å²) in [5.74, 6) is 0.125. The van der Waals surface area contributed by atoms with Gasteiger partial charge in [-0.25, -0.2) is 0 Å². The molecule has 1 aromatic heterocycles. The number of hydrogen-bond acceptors (Lipinski definition) is 4.